The molecule has 0 bridgehead atoms. The van der Waals surface area contributed by atoms with Gasteiger partial charge in [0.2, 0.25) is 5.91 Å². The zero-order chi connectivity index (χ0) is 18.2. The van der Waals surface area contributed by atoms with Gasteiger partial charge < -0.3 is 10.2 Å². The minimum Gasteiger partial charge on any atom is -0.339 e. The zero-order valence-corrected chi connectivity index (χ0v) is 15.7. The molecule has 0 heterocycles. The summed E-state index contributed by atoms with van der Waals surface area (Å²) in [5, 5.41) is 2.64. The SMILES string of the molecule is CCN(CC)C(=O)c1ccccc1NC(=O)[C@H](C)Sc1ccccc1. The lowest BCUT2D eigenvalue weighted by Crippen LogP contribution is -2.32. The summed E-state index contributed by atoms with van der Waals surface area (Å²) in [5.74, 6) is -0.182. The molecule has 0 saturated heterocycles. The van der Waals surface area contributed by atoms with Crippen LogP contribution in [0.4, 0.5) is 5.69 Å². The number of amides is 2. The lowest BCUT2D eigenvalue weighted by molar-refractivity contribution is -0.115. The third-order valence-corrected chi connectivity index (χ3v) is 5.00. The molecule has 5 heteroatoms. The van der Waals surface area contributed by atoms with Gasteiger partial charge in [-0.3, -0.25) is 9.59 Å². The van der Waals surface area contributed by atoms with Crippen LogP contribution in [0.3, 0.4) is 0 Å². The lowest BCUT2D eigenvalue weighted by Gasteiger charge is -2.21. The van der Waals surface area contributed by atoms with Gasteiger partial charge in [-0.25, -0.2) is 0 Å². The molecule has 25 heavy (non-hydrogen) atoms. The third kappa shape index (κ3) is 5.10. The number of nitrogens with one attached hydrogen (secondary N) is 1. The van der Waals surface area contributed by atoms with E-state index in [1.807, 2.05) is 63.2 Å². The van der Waals surface area contributed by atoms with E-state index in [1.54, 1.807) is 17.0 Å². The van der Waals surface area contributed by atoms with E-state index in [2.05, 4.69) is 5.32 Å². The Labute approximate surface area is 153 Å². The molecule has 1 N–H and O–H groups in total. The molecule has 2 aromatic carbocycles. The number of nitrogens with zero attached hydrogens (tertiary/aromatic N) is 1. The molecule has 0 saturated carbocycles. The minimum absolute atomic E-state index is 0.0655. The Bertz CT molecular complexity index is 715. The van der Waals surface area contributed by atoms with Crippen molar-refractivity contribution in [3.8, 4) is 0 Å². The van der Waals surface area contributed by atoms with E-state index in [0.29, 0.717) is 24.3 Å². The van der Waals surface area contributed by atoms with Crippen molar-refractivity contribution in [2.24, 2.45) is 0 Å². The van der Waals surface area contributed by atoms with Crippen molar-refractivity contribution in [2.45, 2.75) is 30.9 Å². The van der Waals surface area contributed by atoms with E-state index in [4.69, 9.17) is 0 Å². The highest BCUT2D eigenvalue weighted by Gasteiger charge is 2.20. The van der Waals surface area contributed by atoms with E-state index in [-0.39, 0.29) is 17.1 Å². The zero-order valence-electron chi connectivity index (χ0n) is 14.9. The largest absolute Gasteiger partial charge is 0.339 e. The first-order chi connectivity index (χ1) is 12.1. The molecular formula is C20H24N2O2S. The van der Waals surface area contributed by atoms with Crippen LogP contribution in [-0.4, -0.2) is 35.1 Å². The van der Waals surface area contributed by atoms with Crippen LogP contribution in [0.1, 0.15) is 31.1 Å². The molecule has 2 aromatic rings. The van der Waals surface area contributed by atoms with Gasteiger partial charge in [0, 0.05) is 18.0 Å². The number of hydrogen-bond acceptors (Lipinski definition) is 3. The average molecular weight is 356 g/mol. The summed E-state index contributed by atoms with van der Waals surface area (Å²) in [4.78, 5) is 28.0. The molecule has 1 atom stereocenters. The predicted octanol–water partition coefficient (Wildman–Crippen LogP) is 4.29. The second kappa shape index (κ2) is 9.28. The molecule has 0 aliphatic carbocycles. The summed E-state index contributed by atoms with van der Waals surface area (Å²) < 4.78 is 0. The Hall–Kier alpha value is -2.27. The van der Waals surface area contributed by atoms with Crippen LogP contribution >= 0.6 is 11.8 Å². The van der Waals surface area contributed by atoms with Gasteiger partial charge in [0.15, 0.2) is 0 Å². The normalized spacial score (nSPS) is 11.6. The van der Waals surface area contributed by atoms with Crippen molar-refractivity contribution in [1.82, 2.24) is 4.90 Å². The maximum absolute atomic E-state index is 12.6. The molecule has 0 spiro atoms. The third-order valence-electron chi connectivity index (χ3n) is 3.89. The first kappa shape index (κ1) is 19.1. The van der Waals surface area contributed by atoms with E-state index in [1.165, 1.54) is 11.8 Å². The van der Waals surface area contributed by atoms with Gasteiger partial charge in [0.25, 0.3) is 5.91 Å². The second-order valence-electron chi connectivity index (χ2n) is 5.59. The first-order valence-electron chi connectivity index (χ1n) is 8.47. The highest BCUT2D eigenvalue weighted by atomic mass is 32.2. The van der Waals surface area contributed by atoms with Crippen LogP contribution in [0, 0.1) is 0 Å². The summed E-state index contributed by atoms with van der Waals surface area (Å²) in [5.41, 5.74) is 1.08. The van der Waals surface area contributed by atoms with Crippen molar-refractivity contribution in [2.75, 3.05) is 18.4 Å². The summed E-state index contributed by atoms with van der Waals surface area (Å²) >= 11 is 1.49. The van der Waals surface area contributed by atoms with Crippen LogP contribution in [0.25, 0.3) is 0 Å². The average Bonchev–Trinajstić information content (AvgIpc) is 2.63. The maximum atomic E-state index is 12.6. The molecule has 0 fully saturated rings. The highest BCUT2D eigenvalue weighted by Crippen LogP contribution is 2.25. The van der Waals surface area contributed by atoms with Gasteiger partial charge in [-0.15, -0.1) is 11.8 Å². The maximum Gasteiger partial charge on any atom is 0.255 e. The van der Waals surface area contributed by atoms with Crippen LogP contribution in [0.15, 0.2) is 59.5 Å². The van der Waals surface area contributed by atoms with Crippen molar-refractivity contribution >= 4 is 29.3 Å². The van der Waals surface area contributed by atoms with Gasteiger partial charge in [-0.2, -0.15) is 0 Å². The quantitative estimate of drug-likeness (QED) is 0.753. The van der Waals surface area contributed by atoms with Crippen molar-refractivity contribution in [3.63, 3.8) is 0 Å². The molecule has 2 rings (SSSR count). The number of thioether (sulfide) groups is 1. The Kier molecular flexibility index (Phi) is 7.07. The fraction of sp³-hybridized carbons (Fsp3) is 0.300. The van der Waals surface area contributed by atoms with Crippen LogP contribution < -0.4 is 5.32 Å². The second-order valence-corrected chi connectivity index (χ2v) is 7.00. The summed E-state index contributed by atoms with van der Waals surface area (Å²) in [6, 6.07) is 17.0. The van der Waals surface area contributed by atoms with E-state index >= 15 is 0 Å². The van der Waals surface area contributed by atoms with E-state index in [0.717, 1.165) is 4.90 Å². The van der Waals surface area contributed by atoms with Gasteiger partial charge in [-0.05, 0) is 45.0 Å². The van der Waals surface area contributed by atoms with Gasteiger partial charge in [0.1, 0.15) is 0 Å². The number of anilines is 1. The summed E-state index contributed by atoms with van der Waals surface area (Å²) in [6.45, 7) is 7.03. The highest BCUT2D eigenvalue weighted by molar-refractivity contribution is 8.00. The number of carbonyl (C=O) groups excluding carboxylic acids is 2. The first-order valence-corrected chi connectivity index (χ1v) is 9.35. The fourth-order valence-electron chi connectivity index (χ4n) is 2.45. The Balaban J connectivity index is 2.11. The lowest BCUT2D eigenvalue weighted by atomic mass is 10.1. The molecule has 0 radical (unpaired) electrons. The van der Waals surface area contributed by atoms with Crippen LogP contribution in [-0.2, 0) is 4.79 Å². The van der Waals surface area contributed by atoms with E-state index in [9.17, 15) is 9.59 Å². The number of hydrogen-bond donors (Lipinski definition) is 1. The number of carbonyl (C=O) groups is 2. The predicted molar refractivity (Wildman–Crippen MR) is 104 cm³/mol. The van der Waals surface area contributed by atoms with Gasteiger partial charge in [0.05, 0.1) is 16.5 Å². The molecule has 0 unspecified atom stereocenters. The Morgan fingerprint density at radius 3 is 2.24 bits per heavy atom. The molecule has 2 amide bonds. The molecule has 0 aromatic heterocycles. The van der Waals surface area contributed by atoms with Gasteiger partial charge >= 0.3 is 0 Å². The Morgan fingerprint density at radius 1 is 1.00 bits per heavy atom. The summed E-state index contributed by atoms with van der Waals surface area (Å²) in [7, 11) is 0. The van der Waals surface area contributed by atoms with Crippen molar-refractivity contribution in [1.29, 1.82) is 0 Å². The van der Waals surface area contributed by atoms with E-state index < -0.39 is 0 Å². The van der Waals surface area contributed by atoms with Crippen molar-refractivity contribution < 1.29 is 9.59 Å². The molecule has 0 aliphatic heterocycles. The smallest absolute Gasteiger partial charge is 0.255 e. The fourth-order valence-corrected chi connectivity index (χ4v) is 3.34. The molecule has 0 aliphatic rings. The molecule has 4 nitrogen and oxygen atoms in total. The number of rotatable bonds is 7. The van der Waals surface area contributed by atoms with Crippen LogP contribution in [0.5, 0.6) is 0 Å². The van der Waals surface area contributed by atoms with Crippen molar-refractivity contribution in [3.05, 3.63) is 60.2 Å². The number of benzene rings is 2. The van der Waals surface area contributed by atoms with Gasteiger partial charge in [-0.1, -0.05) is 30.3 Å². The van der Waals surface area contributed by atoms with Crippen LogP contribution in [0.2, 0.25) is 0 Å². The number of para-hydroxylation sites is 1. The molecule has 132 valence electrons. The Morgan fingerprint density at radius 2 is 1.60 bits per heavy atom. The topological polar surface area (TPSA) is 49.4 Å². The minimum atomic E-state index is -0.265. The molecular weight excluding hydrogens is 332 g/mol. The monoisotopic (exact) mass is 356 g/mol. The standard InChI is InChI=1S/C20H24N2O2S/c1-4-22(5-2)20(24)17-13-9-10-14-18(17)21-19(23)15(3)25-16-11-7-6-8-12-16/h6-15H,4-5H2,1-3H3,(H,21,23)/t15-/m0/s1. The summed E-state index contributed by atoms with van der Waals surface area (Å²) in [6.07, 6.45) is 0.